The minimum Gasteiger partial charge on any atom is -0.294 e. The van der Waals surface area contributed by atoms with Crippen LogP contribution in [0.25, 0.3) is 0 Å². The molecule has 14 heavy (non-hydrogen) atoms. The molecule has 0 saturated heterocycles. The number of hydrogen-bond acceptors (Lipinski definition) is 3. The number of nitrogens with zero attached hydrogens (tertiary/aromatic N) is 1. The molecule has 0 aliphatic carbocycles. The summed E-state index contributed by atoms with van der Waals surface area (Å²) < 4.78 is 13.2. The van der Waals surface area contributed by atoms with E-state index in [1.54, 1.807) is 0 Å². The molecule has 0 atom stereocenters. The van der Waals surface area contributed by atoms with Crippen LogP contribution in [0.4, 0.5) is 10.1 Å². The van der Waals surface area contributed by atoms with Crippen LogP contribution in [-0.2, 0) is 0 Å². The molecule has 0 aliphatic heterocycles. The van der Waals surface area contributed by atoms with Crippen LogP contribution < -0.4 is 0 Å². The molecule has 1 aromatic carbocycles. The van der Waals surface area contributed by atoms with Gasteiger partial charge in [0.2, 0.25) is 5.82 Å². The summed E-state index contributed by atoms with van der Waals surface area (Å²) in [5.41, 5.74) is -1.16. The Balaban J connectivity index is 3.47. The Bertz CT molecular complexity index is 384. The number of hydrogen-bond donors (Lipinski definition) is 0. The molecule has 0 amide bonds. The first-order valence-corrected chi connectivity index (χ1v) is 3.95. The molecule has 0 spiro atoms. The van der Waals surface area contributed by atoms with Gasteiger partial charge in [-0.05, 0) is 13.0 Å². The lowest BCUT2D eigenvalue weighted by Gasteiger charge is -2.00. The van der Waals surface area contributed by atoms with Crippen LogP contribution >= 0.6 is 11.6 Å². The van der Waals surface area contributed by atoms with Crippen molar-refractivity contribution in [1.29, 1.82) is 0 Å². The van der Waals surface area contributed by atoms with Crippen molar-refractivity contribution in [1.82, 2.24) is 0 Å². The summed E-state index contributed by atoms with van der Waals surface area (Å²) in [6, 6.07) is 1.93. The quantitative estimate of drug-likeness (QED) is 0.435. The second-order valence-corrected chi connectivity index (χ2v) is 3.04. The smallest absolute Gasteiger partial charge is 0.294 e. The van der Waals surface area contributed by atoms with Gasteiger partial charge in [0.05, 0.1) is 10.5 Å². The third-order valence-corrected chi connectivity index (χ3v) is 1.81. The maximum Gasteiger partial charge on any atom is 0.307 e. The van der Waals surface area contributed by atoms with Crippen molar-refractivity contribution in [2.75, 3.05) is 0 Å². The third kappa shape index (κ3) is 1.88. The zero-order chi connectivity index (χ0) is 10.9. The summed E-state index contributed by atoms with van der Waals surface area (Å²) in [5.74, 6) is -1.75. The molecule has 0 bridgehead atoms. The van der Waals surface area contributed by atoms with Gasteiger partial charge in [-0.3, -0.25) is 14.9 Å². The maximum absolute atomic E-state index is 13.2. The maximum atomic E-state index is 13.2. The molecule has 0 aliphatic rings. The van der Waals surface area contributed by atoms with Crippen molar-refractivity contribution in [3.05, 3.63) is 38.7 Å². The molecule has 0 saturated carbocycles. The van der Waals surface area contributed by atoms with Crippen molar-refractivity contribution >= 4 is 23.1 Å². The van der Waals surface area contributed by atoms with Crippen LogP contribution in [-0.4, -0.2) is 10.7 Å². The number of benzene rings is 1. The predicted molar refractivity (Wildman–Crippen MR) is 48.1 cm³/mol. The molecule has 0 heterocycles. The topological polar surface area (TPSA) is 60.2 Å². The van der Waals surface area contributed by atoms with Gasteiger partial charge >= 0.3 is 5.69 Å². The van der Waals surface area contributed by atoms with E-state index in [4.69, 9.17) is 11.6 Å². The number of carbonyl (C=O) groups is 1. The summed E-state index contributed by atoms with van der Waals surface area (Å²) >= 11 is 5.49. The number of halogens is 2. The fourth-order valence-electron chi connectivity index (χ4n) is 0.964. The molecule has 6 heteroatoms. The lowest BCUT2D eigenvalue weighted by molar-refractivity contribution is -0.387. The van der Waals surface area contributed by atoms with Crippen LogP contribution in [0.2, 0.25) is 5.02 Å². The first kappa shape index (κ1) is 10.6. The second kappa shape index (κ2) is 3.71. The van der Waals surface area contributed by atoms with E-state index in [1.807, 2.05) is 0 Å². The Morgan fingerprint density at radius 2 is 2.14 bits per heavy atom. The Morgan fingerprint density at radius 1 is 1.57 bits per heavy atom. The number of rotatable bonds is 2. The summed E-state index contributed by atoms with van der Waals surface area (Å²) in [5, 5.41) is 10.3. The SMILES string of the molecule is CC(=O)c1cc(Cl)cc([N+](=O)[O-])c1F. The van der Waals surface area contributed by atoms with Gasteiger partial charge in [-0.15, -0.1) is 0 Å². The molecule has 0 N–H and O–H groups in total. The lowest BCUT2D eigenvalue weighted by atomic mass is 10.1. The van der Waals surface area contributed by atoms with E-state index in [0.717, 1.165) is 19.1 Å². The van der Waals surface area contributed by atoms with Crippen molar-refractivity contribution in [3.63, 3.8) is 0 Å². The van der Waals surface area contributed by atoms with Crippen molar-refractivity contribution < 1.29 is 14.1 Å². The van der Waals surface area contributed by atoms with Gasteiger partial charge in [-0.2, -0.15) is 4.39 Å². The fraction of sp³-hybridized carbons (Fsp3) is 0.125. The van der Waals surface area contributed by atoms with Crippen LogP contribution in [0.5, 0.6) is 0 Å². The van der Waals surface area contributed by atoms with E-state index < -0.39 is 22.2 Å². The minimum absolute atomic E-state index is 0.0386. The van der Waals surface area contributed by atoms with Gasteiger partial charge in [0.1, 0.15) is 0 Å². The van der Waals surface area contributed by atoms with Gasteiger partial charge in [0.25, 0.3) is 0 Å². The standard InChI is InChI=1S/C8H5ClFNO3/c1-4(12)6-2-5(9)3-7(8(6)10)11(13)14/h2-3H,1H3. The van der Waals surface area contributed by atoms with E-state index in [-0.39, 0.29) is 10.6 Å². The Morgan fingerprint density at radius 3 is 2.57 bits per heavy atom. The highest BCUT2D eigenvalue weighted by Gasteiger charge is 2.21. The van der Waals surface area contributed by atoms with Crippen LogP contribution in [0.1, 0.15) is 17.3 Å². The Labute approximate surface area is 83.4 Å². The predicted octanol–water partition coefficient (Wildman–Crippen LogP) is 2.59. The van der Waals surface area contributed by atoms with Crippen molar-refractivity contribution in [2.45, 2.75) is 6.92 Å². The first-order valence-electron chi connectivity index (χ1n) is 3.58. The van der Waals surface area contributed by atoms with Gasteiger partial charge in [-0.1, -0.05) is 11.6 Å². The summed E-state index contributed by atoms with van der Waals surface area (Å²) in [4.78, 5) is 20.3. The van der Waals surface area contributed by atoms with Crippen molar-refractivity contribution in [2.24, 2.45) is 0 Å². The number of carbonyl (C=O) groups excluding carboxylic acids is 1. The number of Topliss-reactive ketones (excluding diaryl/α,β-unsaturated/α-hetero) is 1. The Kier molecular flexibility index (Phi) is 2.81. The van der Waals surface area contributed by atoms with Gasteiger partial charge in [0.15, 0.2) is 5.78 Å². The molecule has 0 radical (unpaired) electrons. The fourth-order valence-corrected chi connectivity index (χ4v) is 1.18. The van der Waals surface area contributed by atoms with Crippen LogP contribution in [0.15, 0.2) is 12.1 Å². The first-order chi connectivity index (χ1) is 6.43. The number of nitro groups is 1. The molecule has 0 unspecified atom stereocenters. The molecule has 1 rings (SSSR count). The normalized spacial score (nSPS) is 9.93. The van der Waals surface area contributed by atoms with E-state index in [2.05, 4.69) is 0 Å². The average Bonchev–Trinajstić information content (AvgIpc) is 2.07. The van der Waals surface area contributed by atoms with E-state index in [9.17, 15) is 19.3 Å². The van der Waals surface area contributed by atoms with Crippen molar-refractivity contribution in [3.8, 4) is 0 Å². The monoisotopic (exact) mass is 217 g/mol. The van der Waals surface area contributed by atoms with Gasteiger partial charge < -0.3 is 0 Å². The highest BCUT2D eigenvalue weighted by Crippen LogP contribution is 2.25. The highest BCUT2D eigenvalue weighted by molar-refractivity contribution is 6.31. The Hall–Kier alpha value is -1.49. The van der Waals surface area contributed by atoms with Crippen LogP contribution in [0, 0.1) is 15.9 Å². The zero-order valence-electron chi connectivity index (χ0n) is 7.08. The third-order valence-electron chi connectivity index (χ3n) is 1.59. The molecule has 74 valence electrons. The molecule has 0 fully saturated rings. The van der Waals surface area contributed by atoms with E-state index >= 15 is 0 Å². The highest BCUT2D eigenvalue weighted by atomic mass is 35.5. The molecule has 0 aromatic heterocycles. The summed E-state index contributed by atoms with van der Waals surface area (Å²) in [6.07, 6.45) is 0. The van der Waals surface area contributed by atoms with Gasteiger partial charge in [-0.25, -0.2) is 0 Å². The molecular weight excluding hydrogens is 213 g/mol. The summed E-state index contributed by atoms with van der Waals surface area (Å²) in [6.45, 7) is 1.11. The second-order valence-electron chi connectivity index (χ2n) is 2.60. The molecule has 1 aromatic rings. The average molecular weight is 218 g/mol. The minimum atomic E-state index is -1.15. The van der Waals surface area contributed by atoms with Crippen LogP contribution in [0.3, 0.4) is 0 Å². The van der Waals surface area contributed by atoms with E-state index in [1.165, 1.54) is 0 Å². The summed E-state index contributed by atoms with van der Waals surface area (Å²) in [7, 11) is 0. The largest absolute Gasteiger partial charge is 0.307 e. The molecular formula is C8H5ClFNO3. The van der Waals surface area contributed by atoms with Gasteiger partial charge in [0, 0.05) is 11.1 Å². The lowest BCUT2D eigenvalue weighted by Crippen LogP contribution is -2.01. The zero-order valence-corrected chi connectivity index (χ0v) is 7.84. The number of nitro benzene ring substituents is 1. The molecule has 4 nitrogen and oxygen atoms in total. The van der Waals surface area contributed by atoms with E-state index in [0.29, 0.717) is 0 Å². The number of ketones is 1.